The molecule has 0 aromatic heterocycles. The van der Waals surface area contributed by atoms with Crippen LogP contribution in [0.2, 0.25) is 0 Å². The molecule has 0 aromatic rings. The fourth-order valence-electron chi connectivity index (χ4n) is 0.820. The average molecular weight is 228 g/mol. The maximum Gasteiger partial charge on any atom is 0.335 e. The van der Waals surface area contributed by atoms with Gasteiger partial charge in [-0.15, -0.1) is 10.4 Å². The highest BCUT2D eigenvalue weighted by molar-refractivity contribution is 7.94. The Morgan fingerprint density at radius 1 is 1.33 bits per heavy atom. The number of rotatable bonds is 3. The molecule has 0 saturated heterocycles. The largest absolute Gasteiger partial charge is 0.335 e. The van der Waals surface area contributed by atoms with Crippen LogP contribution in [-0.4, -0.2) is 20.0 Å². The van der Waals surface area contributed by atoms with Crippen molar-refractivity contribution in [3.05, 3.63) is 33.6 Å². The molecule has 8 nitrogen and oxygen atoms in total. The smallest absolute Gasteiger partial charge is 0.290 e. The van der Waals surface area contributed by atoms with Gasteiger partial charge in [0, 0.05) is 6.08 Å². The molecule has 15 heavy (non-hydrogen) atoms. The summed E-state index contributed by atoms with van der Waals surface area (Å²) in [7, 11) is -4.26. The summed E-state index contributed by atoms with van der Waals surface area (Å²) in [4.78, 5) is 24.8. The van der Waals surface area contributed by atoms with E-state index < -0.39 is 26.5 Å². The molecule has 0 amide bonds. The maximum absolute atomic E-state index is 11.2. The molecule has 0 radical (unpaired) electrons. The molecule has 0 unspecified atom stereocenters. The van der Waals surface area contributed by atoms with E-state index >= 15 is 0 Å². The lowest BCUT2D eigenvalue weighted by molar-refractivity contribution is -0.114. The fourth-order valence-corrected chi connectivity index (χ4v) is 1.67. The minimum atomic E-state index is -4.26. The van der Waals surface area contributed by atoms with E-state index in [0.717, 1.165) is 12.2 Å². The second-order valence-corrected chi connectivity index (χ2v) is 4.02. The number of hydrogen-bond donors (Lipinski definition) is 1. The van der Waals surface area contributed by atoms with E-state index in [9.17, 15) is 18.0 Å². The topological polar surface area (TPSA) is 129 Å². The molecule has 1 aliphatic rings. The quantitative estimate of drug-likeness (QED) is 0.234. The van der Waals surface area contributed by atoms with Crippen molar-refractivity contribution in [2.45, 2.75) is 0 Å². The summed E-state index contributed by atoms with van der Waals surface area (Å²) in [6.07, 6.45) is 2.42. The summed E-state index contributed by atoms with van der Waals surface area (Å²) in [6, 6.07) is 0. The van der Waals surface area contributed by atoms with E-state index in [1.54, 1.807) is 0 Å². The molecule has 0 aromatic carbocycles. The Labute approximate surface area is 83.9 Å². The van der Waals surface area contributed by atoms with Gasteiger partial charge in [0.05, 0.1) is 0 Å². The van der Waals surface area contributed by atoms with E-state index in [1.165, 1.54) is 4.83 Å². The van der Waals surface area contributed by atoms with Crippen molar-refractivity contribution in [3.8, 4) is 0 Å². The van der Waals surface area contributed by atoms with Crippen LogP contribution >= 0.6 is 0 Å². The van der Waals surface area contributed by atoms with Crippen LogP contribution in [0.1, 0.15) is 0 Å². The number of hydrogen-bond acceptors (Lipinski definition) is 5. The molecule has 78 valence electrons. The molecular formula is C6H4N4O4S. The molecular weight excluding hydrogens is 224 g/mol. The third-order valence-electron chi connectivity index (χ3n) is 1.41. The van der Waals surface area contributed by atoms with Crippen LogP contribution in [0.5, 0.6) is 0 Å². The molecule has 0 bridgehead atoms. The van der Waals surface area contributed by atoms with Crippen molar-refractivity contribution in [1.29, 1.82) is 0 Å². The first-order chi connectivity index (χ1) is 6.97. The van der Waals surface area contributed by atoms with E-state index in [1.807, 2.05) is 0 Å². The van der Waals surface area contributed by atoms with Crippen LogP contribution in [0.25, 0.3) is 10.4 Å². The first kappa shape index (κ1) is 11.0. The molecule has 0 atom stereocenters. The molecule has 1 rings (SSSR count). The molecule has 0 heterocycles. The third kappa shape index (κ3) is 2.42. The SMILES string of the molecule is [N-]=[N+]=NNS(=O)(=O)C1=CC(=O)C=CC1=O. The van der Waals surface area contributed by atoms with Gasteiger partial charge in [0.1, 0.15) is 0 Å². The highest BCUT2D eigenvalue weighted by Gasteiger charge is 2.28. The van der Waals surface area contributed by atoms with E-state index in [2.05, 4.69) is 10.1 Å². The molecule has 0 spiro atoms. The van der Waals surface area contributed by atoms with Gasteiger partial charge in [0.2, 0.25) is 5.78 Å². The number of carbonyl (C=O) groups is 2. The first-order valence-corrected chi connectivity index (χ1v) is 4.99. The number of azide groups is 1. The Morgan fingerprint density at radius 3 is 2.60 bits per heavy atom. The zero-order valence-corrected chi connectivity index (χ0v) is 7.93. The predicted molar refractivity (Wildman–Crippen MR) is 48.4 cm³/mol. The monoisotopic (exact) mass is 228 g/mol. The molecule has 0 saturated carbocycles. The average Bonchev–Trinajstić information content (AvgIpc) is 2.18. The van der Waals surface area contributed by atoms with E-state index in [0.29, 0.717) is 6.08 Å². The van der Waals surface area contributed by atoms with Crippen LogP contribution < -0.4 is 4.83 Å². The fraction of sp³-hybridized carbons (Fsp3) is 0. The molecule has 9 heteroatoms. The molecule has 1 N–H and O–H groups in total. The van der Waals surface area contributed by atoms with Gasteiger partial charge in [0.25, 0.3) is 0 Å². The molecule has 0 aliphatic heterocycles. The Morgan fingerprint density at radius 2 is 2.00 bits per heavy atom. The molecule has 0 fully saturated rings. The van der Waals surface area contributed by atoms with Crippen molar-refractivity contribution < 1.29 is 18.0 Å². The van der Waals surface area contributed by atoms with Gasteiger partial charge in [-0.2, -0.15) is 13.3 Å². The zero-order chi connectivity index (χ0) is 11.5. The summed E-state index contributed by atoms with van der Waals surface area (Å²) in [6.45, 7) is 0. The minimum Gasteiger partial charge on any atom is -0.290 e. The van der Waals surface area contributed by atoms with E-state index in [-0.39, 0.29) is 0 Å². The predicted octanol–water partition coefficient (Wildman–Crippen LogP) is -0.277. The van der Waals surface area contributed by atoms with Crippen molar-refractivity contribution in [1.82, 2.24) is 4.83 Å². The Balaban J connectivity index is 3.12. The van der Waals surface area contributed by atoms with Crippen molar-refractivity contribution in [2.75, 3.05) is 0 Å². The summed E-state index contributed by atoms with van der Waals surface area (Å²) in [5.41, 5.74) is 7.89. The van der Waals surface area contributed by atoms with Gasteiger partial charge >= 0.3 is 10.0 Å². The lowest BCUT2D eigenvalue weighted by atomic mass is 10.2. The normalized spacial score (nSPS) is 15.6. The van der Waals surface area contributed by atoms with Crippen LogP contribution in [0.15, 0.2) is 28.4 Å². The van der Waals surface area contributed by atoms with Gasteiger partial charge in [0.15, 0.2) is 10.7 Å². The summed E-state index contributed by atoms with van der Waals surface area (Å²) in [5.74, 6) is -1.48. The summed E-state index contributed by atoms with van der Waals surface area (Å²) < 4.78 is 22.5. The highest BCUT2D eigenvalue weighted by atomic mass is 32.2. The Hall–Kier alpha value is -2.12. The standard InChI is InChI=1S/C6H4N4O4S/c7-8-9-10-15(13,14)6-3-4(11)1-2-5(6)12/h1-3,10H. The van der Waals surface area contributed by atoms with Crippen molar-refractivity contribution in [3.63, 3.8) is 0 Å². The van der Waals surface area contributed by atoms with Gasteiger partial charge in [-0.05, 0) is 17.4 Å². The maximum atomic E-state index is 11.2. The van der Waals surface area contributed by atoms with Gasteiger partial charge in [-0.1, -0.05) is 0 Å². The molecule has 1 aliphatic carbocycles. The zero-order valence-electron chi connectivity index (χ0n) is 7.11. The number of nitrogens with zero attached hydrogens (tertiary/aromatic N) is 3. The lowest BCUT2D eigenvalue weighted by Crippen LogP contribution is -2.25. The van der Waals surface area contributed by atoms with Gasteiger partial charge < -0.3 is 0 Å². The Kier molecular flexibility index (Phi) is 2.88. The van der Waals surface area contributed by atoms with Crippen LogP contribution in [0.3, 0.4) is 0 Å². The second kappa shape index (κ2) is 3.95. The van der Waals surface area contributed by atoms with Gasteiger partial charge in [-0.3, -0.25) is 9.59 Å². The third-order valence-corrected chi connectivity index (χ3v) is 2.63. The van der Waals surface area contributed by atoms with E-state index in [4.69, 9.17) is 5.53 Å². The second-order valence-electron chi connectivity index (χ2n) is 2.39. The van der Waals surface area contributed by atoms with Crippen molar-refractivity contribution >= 4 is 21.6 Å². The first-order valence-electron chi connectivity index (χ1n) is 3.51. The van der Waals surface area contributed by atoms with Gasteiger partial charge in [-0.25, -0.2) is 0 Å². The number of carbonyl (C=O) groups excluding carboxylic acids is 2. The number of nitrogens with one attached hydrogen (secondary N) is 1. The van der Waals surface area contributed by atoms with Crippen LogP contribution in [0.4, 0.5) is 0 Å². The summed E-state index contributed by atoms with van der Waals surface area (Å²) >= 11 is 0. The number of sulfonamides is 1. The Bertz CT molecular complexity index is 523. The highest BCUT2D eigenvalue weighted by Crippen LogP contribution is 2.11. The van der Waals surface area contributed by atoms with Crippen LogP contribution in [0, 0.1) is 0 Å². The summed E-state index contributed by atoms with van der Waals surface area (Å²) in [5, 5.41) is 2.59. The number of allylic oxidation sites excluding steroid dienone is 4. The number of ketones is 2. The van der Waals surface area contributed by atoms with Crippen molar-refractivity contribution in [2.24, 2.45) is 5.22 Å². The minimum absolute atomic E-state index is 0.629. The van der Waals surface area contributed by atoms with Crippen LogP contribution in [-0.2, 0) is 19.6 Å². The lowest BCUT2D eigenvalue weighted by Gasteiger charge is -2.03.